The summed E-state index contributed by atoms with van der Waals surface area (Å²) >= 11 is 1.42. The fourth-order valence-corrected chi connectivity index (χ4v) is 3.56. The lowest BCUT2D eigenvalue weighted by Gasteiger charge is -2.07. The summed E-state index contributed by atoms with van der Waals surface area (Å²) < 4.78 is 5.39. The molecule has 1 aliphatic rings. The van der Waals surface area contributed by atoms with E-state index in [1.165, 1.54) is 23.8 Å². The van der Waals surface area contributed by atoms with Crippen LogP contribution in [0, 0.1) is 0 Å². The average Bonchev–Trinajstić information content (AvgIpc) is 3.31. The minimum Gasteiger partial charge on any atom is -0.368 e. The van der Waals surface area contributed by atoms with Crippen molar-refractivity contribution in [2.75, 3.05) is 18.5 Å². The Labute approximate surface area is 157 Å². The van der Waals surface area contributed by atoms with Crippen molar-refractivity contribution < 1.29 is 14.3 Å². The number of rotatable bonds is 7. The number of ether oxygens (including phenoxy) is 1. The number of benzene rings is 1. The van der Waals surface area contributed by atoms with Gasteiger partial charge in [0, 0.05) is 31.0 Å². The van der Waals surface area contributed by atoms with Gasteiger partial charge in [-0.1, -0.05) is 24.3 Å². The number of amides is 2. The Morgan fingerprint density at radius 1 is 1.31 bits per heavy atom. The lowest BCUT2D eigenvalue weighted by molar-refractivity contribution is -0.124. The maximum atomic E-state index is 12.1. The summed E-state index contributed by atoms with van der Waals surface area (Å²) in [6.07, 6.45) is 3.18. The van der Waals surface area contributed by atoms with Crippen molar-refractivity contribution in [3.8, 4) is 11.3 Å². The van der Waals surface area contributed by atoms with Gasteiger partial charge in [0.25, 0.3) is 5.91 Å². The quantitative estimate of drug-likeness (QED) is 0.731. The van der Waals surface area contributed by atoms with Gasteiger partial charge in [-0.2, -0.15) is 0 Å². The number of nitrogens with one attached hydrogen (secondary N) is 2. The molecule has 0 aliphatic carbocycles. The van der Waals surface area contributed by atoms with Gasteiger partial charge in [-0.3, -0.25) is 14.9 Å². The Morgan fingerprint density at radius 2 is 2.12 bits per heavy atom. The summed E-state index contributed by atoms with van der Waals surface area (Å²) in [4.78, 5) is 27.4. The molecule has 3 rings (SSSR count). The van der Waals surface area contributed by atoms with Gasteiger partial charge in [-0.15, -0.1) is 11.3 Å². The predicted molar refractivity (Wildman–Crippen MR) is 102 cm³/mol. The largest absolute Gasteiger partial charge is 0.368 e. The van der Waals surface area contributed by atoms with Crippen LogP contribution in [0.2, 0.25) is 0 Å². The van der Waals surface area contributed by atoms with Gasteiger partial charge >= 0.3 is 0 Å². The Kier molecular flexibility index (Phi) is 6.35. The Bertz CT molecular complexity index is 752. The van der Waals surface area contributed by atoms with Crippen LogP contribution in [-0.2, 0) is 20.7 Å². The maximum absolute atomic E-state index is 12.1. The second-order valence-corrected chi connectivity index (χ2v) is 7.17. The van der Waals surface area contributed by atoms with Crippen molar-refractivity contribution in [1.82, 2.24) is 10.3 Å². The molecule has 0 spiro atoms. The summed E-state index contributed by atoms with van der Waals surface area (Å²) in [6.45, 7) is 2.87. The van der Waals surface area contributed by atoms with Gasteiger partial charge < -0.3 is 10.1 Å². The van der Waals surface area contributed by atoms with Crippen LogP contribution >= 0.6 is 11.3 Å². The first-order valence-electron chi connectivity index (χ1n) is 8.83. The smallest absolute Gasteiger partial charge is 0.255 e. The molecule has 0 bridgehead atoms. The second-order valence-electron chi connectivity index (χ2n) is 6.31. The van der Waals surface area contributed by atoms with Crippen molar-refractivity contribution in [1.29, 1.82) is 0 Å². The van der Waals surface area contributed by atoms with Crippen LogP contribution in [-0.4, -0.2) is 36.1 Å². The van der Waals surface area contributed by atoms with E-state index in [1.54, 1.807) is 0 Å². The minimum atomic E-state index is -0.348. The normalized spacial score (nSPS) is 16.4. The third kappa shape index (κ3) is 5.12. The SMILES string of the molecule is CC(=O)NCCCc1ccc(-c2csc(NC(=O)C3CCCO3)n2)cc1. The molecule has 1 aromatic heterocycles. The van der Waals surface area contributed by atoms with E-state index in [0.29, 0.717) is 18.3 Å². The van der Waals surface area contributed by atoms with Gasteiger partial charge in [0.1, 0.15) is 6.10 Å². The molecule has 2 N–H and O–H groups in total. The average molecular weight is 373 g/mol. The molecule has 1 fully saturated rings. The molecule has 1 unspecified atom stereocenters. The summed E-state index contributed by atoms with van der Waals surface area (Å²) in [5.41, 5.74) is 3.09. The molecule has 1 saturated heterocycles. The van der Waals surface area contributed by atoms with Crippen molar-refractivity contribution in [2.45, 2.75) is 38.7 Å². The third-order valence-electron chi connectivity index (χ3n) is 4.22. The Balaban J connectivity index is 1.53. The van der Waals surface area contributed by atoms with E-state index in [1.807, 2.05) is 17.5 Å². The number of hydrogen-bond acceptors (Lipinski definition) is 5. The molecule has 1 atom stereocenters. The second kappa shape index (κ2) is 8.91. The molecule has 2 amide bonds. The monoisotopic (exact) mass is 373 g/mol. The van der Waals surface area contributed by atoms with E-state index >= 15 is 0 Å². The van der Waals surface area contributed by atoms with Crippen LogP contribution < -0.4 is 10.6 Å². The molecule has 138 valence electrons. The molecule has 0 saturated carbocycles. The van der Waals surface area contributed by atoms with E-state index in [9.17, 15) is 9.59 Å². The van der Waals surface area contributed by atoms with Crippen LogP contribution in [0.3, 0.4) is 0 Å². The molecular formula is C19H23N3O3S. The van der Waals surface area contributed by atoms with E-state index in [0.717, 1.165) is 36.9 Å². The first-order chi connectivity index (χ1) is 12.6. The molecule has 1 aliphatic heterocycles. The minimum absolute atomic E-state index is 0.00580. The summed E-state index contributed by atoms with van der Waals surface area (Å²) in [5.74, 6) is -0.107. The number of carbonyl (C=O) groups is 2. The number of carbonyl (C=O) groups excluding carboxylic acids is 2. The molecule has 1 aromatic carbocycles. The lowest BCUT2D eigenvalue weighted by Crippen LogP contribution is -2.26. The fraction of sp³-hybridized carbons (Fsp3) is 0.421. The first-order valence-corrected chi connectivity index (χ1v) is 9.71. The van der Waals surface area contributed by atoms with E-state index in [-0.39, 0.29) is 17.9 Å². The number of aryl methyl sites for hydroxylation is 1. The van der Waals surface area contributed by atoms with Crippen LogP contribution in [0.1, 0.15) is 31.7 Å². The molecule has 6 nitrogen and oxygen atoms in total. The van der Waals surface area contributed by atoms with E-state index in [2.05, 4.69) is 27.8 Å². The molecule has 26 heavy (non-hydrogen) atoms. The summed E-state index contributed by atoms with van der Waals surface area (Å²) in [7, 11) is 0. The maximum Gasteiger partial charge on any atom is 0.255 e. The number of thiazole rings is 1. The predicted octanol–water partition coefficient (Wildman–Crippen LogP) is 3.00. The van der Waals surface area contributed by atoms with Gasteiger partial charge in [-0.05, 0) is 31.2 Å². The van der Waals surface area contributed by atoms with Crippen molar-refractivity contribution in [2.24, 2.45) is 0 Å². The van der Waals surface area contributed by atoms with Gasteiger partial charge in [-0.25, -0.2) is 4.98 Å². The zero-order valence-corrected chi connectivity index (χ0v) is 15.6. The van der Waals surface area contributed by atoms with Gasteiger partial charge in [0.15, 0.2) is 5.13 Å². The topological polar surface area (TPSA) is 80.3 Å². The molecule has 2 aromatic rings. The Hall–Kier alpha value is -2.25. The fourth-order valence-electron chi connectivity index (χ4n) is 2.83. The highest BCUT2D eigenvalue weighted by molar-refractivity contribution is 7.14. The third-order valence-corrected chi connectivity index (χ3v) is 4.98. The molecule has 0 radical (unpaired) electrons. The zero-order chi connectivity index (χ0) is 18.4. The van der Waals surface area contributed by atoms with Gasteiger partial charge in [0.05, 0.1) is 5.69 Å². The lowest BCUT2D eigenvalue weighted by atomic mass is 10.1. The highest BCUT2D eigenvalue weighted by Gasteiger charge is 2.24. The molecule has 2 heterocycles. The van der Waals surface area contributed by atoms with Crippen molar-refractivity contribution >= 4 is 28.3 Å². The van der Waals surface area contributed by atoms with Crippen LogP contribution in [0.4, 0.5) is 5.13 Å². The zero-order valence-electron chi connectivity index (χ0n) is 14.8. The number of aromatic nitrogens is 1. The highest BCUT2D eigenvalue weighted by atomic mass is 32.1. The first kappa shape index (κ1) is 18.5. The summed E-state index contributed by atoms with van der Waals surface area (Å²) in [5, 5.41) is 8.18. The van der Waals surface area contributed by atoms with Crippen molar-refractivity contribution in [3.63, 3.8) is 0 Å². The van der Waals surface area contributed by atoms with Crippen LogP contribution in [0.5, 0.6) is 0 Å². The number of anilines is 1. The Morgan fingerprint density at radius 3 is 2.81 bits per heavy atom. The summed E-state index contributed by atoms with van der Waals surface area (Å²) in [6, 6.07) is 8.23. The standard InChI is InChI=1S/C19H23N3O3S/c1-13(23)20-10-2-4-14-6-8-15(9-7-14)16-12-26-19(21-16)22-18(24)17-5-3-11-25-17/h6-9,12,17H,2-5,10-11H2,1H3,(H,20,23)(H,21,22,24). The van der Waals surface area contributed by atoms with Crippen LogP contribution in [0.15, 0.2) is 29.6 Å². The highest BCUT2D eigenvalue weighted by Crippen LogP contribution is 2.26. The van der Waals surface area contributed by atoms with E-state index < -0.39 is 0 Å². The van der Waals surface area contributed by atoms with E-state index in [4.69, 9.17) is 4.74 Å². The van der Waals surface area contributed by atoms with Crippen LogP contribution in [0.25, 0.3) is 11.3 Å². The number of nitrogens with zero attached hydrogens (tertiary/aromatic N) is 1. The van der Waals surface area contributed by atoms with Gasteiger partial charge in [0.2, 0.25) is 5.91 Å². The molecular weight excluding hydrogens is 350 g/mol. The molecule has 7 heteroatoms. The van der Waals surface area contributed by atoms with Crippen molar-refractivity contribution in [3.05, 3.63) is 35.2 Å². The number of hydrogen-bond donors (Lipinski definition) is 2.